The first-order valence-corrected chi connectivity index (χ1v) is 11.0. The van der Waals surface area contributed by atoms with Crippen LogP contribution >= 0.6 is 0 Å². The Bertz CT molecular complexity index is 1240. The molecule has 3 heterocycles. The summed E-state index contributed by atoms with van der Waals surface area (Å²) in [6.45, 7) is 2.20. The fourth-order valence-corrected chi connectivity index (χ4v) is 4.48. The second-order valence-corrected chi connectivity index (χ2v) is 8.16. The molecule has 0 spiro atoms. The molecule has 7 heteroatoms. The van der Waals surface area contributed by atoms with Crippen LogP contribution in [0.2, 0.25) is 0 Å². The quantitative estimate of drug-likeness (QED) is 0.447. The average Bonchev–Trinajstić information content (AvgIpc) is 3.34. The smallest absolute Gasteiger partial charge is 0.255 e. The molecule has 1 amide bonds. The third-order valence-corrected chi connectivity index (χ3v) is 6.16. The lowest BCUT2D eigenvalue weighted by molar-refractivity contribution is 0.102. The lowest BCUT2D eigenvalue weighted by atomic mass is 9.89. The summed E-state index contributed by atoms with van der Waals surface area (Å²) in [5, 5.41) is 4.11. The largest absolute Gasteiger partial charge is 0.355 e. The number of H-pyrrole nitrogens is 1. The van der Waals surface area contributed by atoms with Gasteiger partial charge in [0.25, 0.3) is 5.91 Å². The maximum absolute atomic E-state index is 12.7. The number of aromatic nitrogens is 3. The fraction of sp³-hybridized carbons (Fsp3) is 0.240. The highest BCUT2D eigenvalue weighted by atomic mass is 16.1. The van der Waals surface area contributed by atoms with E-state index in [1.54, 1.807) is 6.33 Å². The second kappa shape index (κ2) is 8.80. The highest BCUT2D eigenvalue weighted by molar-refractivity contribution is 6.04. The molecule has 2 aromatic carbocycles. The summed E-state index contributed by atoms with van der Waals surface area (Å²) >= 11 is 0. The molecule has 32 heavy (non-hydrogen) atoms. The number of fused-ring (bicyclic) bond motifs is 1. The van der Waals surface area contributed by atoms with Gasteiger partial charge in [-0.3, -0.25) is 4.79 Å². The number of amides is 1. The van der Waals surface area contributed by atoms with Gasteiger partial charge in [0.15, 0.2) is 0 Å². The van der Waals surface area contributed by atoms with Crippen molar-refractivity contribution in [2.45, 2.75) is 25.3 Å². The summed E-state index contributed by atoms with van der Waals surface area (Å²) in [5.74, 6) is 1.18. The van der Waals surface area contributed by atoms with Gasteiger partial charge in [0.05, 0.1) is 5.39 Å². The first kappa shape index (κ1) is 20.2. The van der Waals surface area contributed by atoms with E-state index in [0.717, 1.165) is 54.0 Å². The van der Waals surface area contributed by atoms with Crippen molar-refractivity contribution in [3.63, 3.8) is 0 Å². The van der Waals surface area contributed by atoms with Crippen LogP contribution in [0.4, 0.5) is 11.5 Å². The van der Waals surface area contributed by atoms with E-state index in [1.807, 2.05) is 48.7 Å². The zero-order valence-electron chi connectivity index (χ0n) is 17.8. The van der Waals surface area contributed by atoms with Crippen molar-refractivity contribution in [2.24, 2.45) is 5.73 Å². The van der Waals surface area contributed by atoms with E-state index in [9.17, 15) is 4.79 Å². The van der Waals surface area contributed by atoms with Crippen molar-refractivity contribution in [1.82, 2.24) is 15.0 Å². The van der Waals surface area contributed by atoms with Crippen LogP contribution in [0, 0.1) is 0 Å². The Labute approximate surface area is 186 Å². The molecule has 0 radical (unpaired) electrons. The van der Waals surface area contributed by atoms with Crippen LogP contribution in [0.3, 0.4) is 0 Å². The monoisotopic (exact) mass is 426 g/mol. The van der Waals surface area contributed by atoms with Crippen molar-refractivity contribution < 1.29 is 4.79 Å². The minimum absolute atomic E-state index is 0.126. The number of benzene rings is 2. The van der Waals surface area contributed by atoms with Crippen LogP contribution < -0.4 is 16.0 Å². The van der Waals surface area contributed by atoms with E-state index in [-0.39, 0.29) is 5.91 Å². The number of carbonyl (C=O) groups is 1. The fourth-order valence-electron chi connectivity index (χ4n) is 4.48. The molecule has 4 N–H and O–H groups in total. The van der Waals surface area contributed by atoms with Gasteiger partial charge in [0.2, 0.25) is 0 Å². The Morgan fingerprint density at radius 3 is 2.88 bits per heavy atom. The maximum Gasteiger partial charge on any atom is 0.255 e. The molecule has 5 rings (SSSR count). The number of hydrogen-bond acceptors (Lipinski definition) is 5. The lowest BCUT2D eigenvalue weighted by Crippen LogP contribution is -2.35. The highest BCUT2D eigenvalue weighted by Crippen LogP contribution is 2.33. The number of rotatable bonds is 5. The van der Waals surface area contributed by atoms with Crippen LogP contribution in [-0.4, -0.2) is 33.9 Å². The van der Waals surface area contributed by atoms with Gasteiger partial charge in [-0.05, 0) is 48.2 Å². The van der Waals surface area contributed by atoms with Crippen molar-refractivity contribution in [1.29, 1.82) is 0 Å². The molecular weight excluding hydrogens is 400 g/mol. The molecule has 1 saturated heterocycles. The van der Waals surface area contributed by atoms with Crippen LogP contribution in [0.1, 0.15) is 40.2 Å². The molecule has 1 unspecified atom stereocenters. The number of nitrogens with two attached hydrogens (primary N) is 1. The Balaban J connectivity index is 1.40. The van der Waals surface area contributed by atoms with E-state index >= 15 is 0 Å². The number of piperidine rings is 1. The molecule has 0 bridgehead atoms. The maximum atomic E-state index is 12.7. The van der Waals surface area contributed by atoms with Crippen LogP contribution in [-0.2, 0) is 6.54 Å². The van der Waals surface area contributed by atoms with E-state index in [4.69, 9.17) is 5.73 Å². The Morgan fingerprint density at radius 2 is 2.03 bits per heavy atom. The molecule has 1 aliphatic rings. The van der Waals surface area contributed by atoms with Gasteiger partial charge in [0.1, 0.15) is 17.8 Å². The number of nitrogens with zero attached hydrogens (tertiary/aromatic N) is 3. The van der Waals surface area contributed by atoms with E-state index in [1.165, 1.54) is 5.56 Å². The summed E-state index contributed by atoms with van der Waals surface area (Å²) in [7, 11) is 0. The van der Waals surface area contributed by atoms with Crippen molar-refractivity contribution in [2.75, 3.05) is 23.3 Å². The predicted molar refractivity (Wildman–Crippen MR) is 127 cm³/mol. The van der Waals surface area contributed by atoms with Gasteiger partial charge in [-0.15, -0.1) is 0 Å². The van der Waals surface area contributed by atoms with Crippen LogP contribution in [0.15, 0.2) is 67.1 Å². The molecule has 2 aromatic heterocycles. The zero-order valence-corrected chi connectivity index (χ0v) is 17.8. The summed E-state index contributed by atoms with van der Waals surface area (Å²) in [5.41, 5.74) is 10.4. The Morgan fingerprint density at radius 1 is 1.16 bits per heavy atom. The van der Waals surface area contributed by atoms with Gasteiger partial charge in [-0.2, -0.15) is 0 Å². The number of aromatic amines is 1. The number of carbonyl (C=O) groups excluding carboxylic acids is 1. The van der Waals surface area contributed by atoms with E-state index in [2.05, 4.69) is 37.3 Å². The summed E-state index contributed by atoms with van der Waals surface area (Å²) in [4.78, 5) is 27.1. The molecule has 0 saturated carbocycles. The first-order valence-electron chi connectivity index (χ1n) is 11.0. The first-order chi connectivity index (χ1) is 15.7. The third kappa shape index (κ3) is 3.94. The molecule has 162 valence electrons. The van der Waals surface area contributed by atoms with Crippen molar-refractivity contribution >= 4 is 28.4 Å². The molecule has 1 aliphatic heterocycles. The lowest BCUT2D eigenvalue weighted by Gasteiger charge is -2.34. The minimum atomic E-state index is -0.126. The van der Waals surface area contributed by atoms with Gasteiger partial charge in [-0.25, -0.2) is 9.97 Å². The topological polar surface area (TPSA) is 99.9 Å². The molecular formula is C25H26N6O. The Kier molecular flexibility index (Phi) is 5.56. The standard InChI is InChI=1S/C25H26N6O/c26-14-19-9-8-18(13-22(19)30-25(32)17-5-2-1-3-6-17)20-7-4-12-31(15-20)24-21-10-11-27-23(21)28-16-29-24/h1-3,5-6,8-11,13,16,20H,4,7,12,14-15,26H2,(H,30,32)(H,27,28,29). The number of anilines is 2. The normalized spacial score (nSPS) is 16.3. The van der Waals surface area contributed by atoms with Gasteiger partial charge in [-0.1, -0.05) is 30.3 Å². The molecule has 0 aliphatic carbocycles. The number of nitrogens with one attached hydrogen (secondary N) is 2. The van der Waals surface area contributed by atoms with Crippen LogP contribution in [0.25, 0.3) is 11.0 Å². The SMILES string of the molecule is NCc1ccc(C2CCCN(c3ncnc4[nH]ccc34)C2)cc1NC(=O)c1ccccc1. The van der Waals surface area contributed by atoms with Gasteiger partial charge >= 0.3 is 0 Å². The van der Waals surface area contributed by atoms with E-state index in [0.29, 0.717) is 18.0 Å². The highest BCUT2D eigenvalue weighted by Gasteiger charge is 2.24. The average molecular weight is 427 g/mol. The minimum Gasteiger partial charge on any atom is -0.355 e. The van der Waals surface area contributed by atoms with Gasteiger partial charge in [0, 0.05) is 43.0 Å². The zero-order chi connectivity index (χ0) is 21.9. The van der Waals surface area contributed by atoms with Crippen molar-refractivity contribution in [3.05, 3.63) is 83.8 Å². The number of hydrogen-bond donors (Lipinski definition) is 3. The molecule has 1 fully saturated rings. The molecule has 4 aromatic rings. The third-order valence-electron chi connectivity index (χ3n) is 6.16. The summed E-state index contributed by atoms with van der Waals surface area (Å²) < 4.78 is 0. The molecule has 1 atom stereocenters. The molecule has 7 nitrogen and oxygen atoms in total. The van der Waals surface area contributed by atoms with Crippen molar-refractivity contribution in [3.8, 4) is 0 Å². The van der Waals surface area contributed by atoms with Crippen LogP contribution in [0.5, 0.6) is 0 Å². The second-order valence-electron chi connectivity index (χ2n) is 8.16. The summed E-state index contributed by atoms with van der Waals surface area (Å²) in [6.07, 6.45) is 5.68. The van der Waals surface area contributed by atoms with E-state index < -0.39 is 0 Å². The summed E-state index contributed by atoms with van der Waals surface area (Å²) in [6, 6.07) is 17.5. The predicted octanol–water partition coefficient (Wildman–Crippen LogP) is 4.05. The Hall–Kier alpha value is -3.71. The van der Waals surface area contributed by atoms with Gasteiger partial charge < -0.3 is 20.9 Å².